The summed E-state index contributed by atoms with van der Waals surface area (Å²) in [6.07, 6.45) is 6.44. The highest BCUT2D eigenvalue weighted by Crippen LogP contribution is 2.37. The van der Waals surface area contributed by atoms with Crippen molar-refractivity contribution in [3.63, 3.8) is 0 Å². The monoisotopic (exact) mass is 272 g/mol. The summed E-state index contributed by atoms with van der Waals surface area (Å²) >= 11 is 6.05. The van der Waals surface area contributed by atoms with Gasteiger partial charge in [0.25, 0.3) is 0 Å². The van der Waals surface area contributed by atoms with Crippen LogP contribution in [0.25, 0.3) is 11.3 Å². The zero-order chi connectivity index (χ0) is 13.1. The molecule has 0 atom stereocenters. The molecule has 1 aromatic carbocycles. The van der Waals surface area contributed by atoms with Gasteiger partial charge in [-0.2, -0.15) is 0 Å². The second kappa shape index (κ2) is 5.70. The third-order valence-corrected chi connectivity index (χ3v) is 4.07. The van der Waals surface area contributed by atoms with Gasteiger partial charge in [-0.1, -0.05) is 61.2 Å². The van der Waals surface area contributed by atoms with Crippen molar-refractivity contribution in [3.8, 4) is 11.3 Å². The molecule has 0 aliphatic heterocycles. The lowest BCUT2D eigenvalue weighted by atomic mass is 9.83. The summed E-state index contributed by atoms with van der Waals surface area (Å²) in [5.74, 6) is 0.581. The van der Waals surface area contributed by atoms with Gasteiger partial charge >= 0.3 is 0 Å². The highest BCUT2D eigenvalue weighted by molar-refractivity contribution is 6.29. The molecule has 1 saturated carbocycles. The number of benzene rings is 1. The Morgan fingerprint density at radius 2 is 1.68 bits per heavy atom. The topological polar surface area (TPSA) is 25.8 Å². The average Bonchev–Trinajstić information content (AvgIpc) is 2.49. The van der Waals surface area contributed by atoms with Gasteiger partial charge in [0.1, 0.15) is 0 Å². The van der Waals surface area contributed by atoms with Gasteiger partial charge in [0.05, 0.1) is 5.69 Å². The van der Waals surface area contributed by atoms with Gasteiger partial charge in [-0.15, -0.1) is 10.2 Å². The van der Waals surface area contributed by atoms with Crippen molar-refractivity contribution < 1.29 is 0 Å². The highest BCUT2D eigenvalue weighted by atomic mass is 35.5. The normalized spacial score (nSPS) is 16.5. The quantitative estimate of drug-likeness (QED) is 0.781. The van der Waals surface area contributed by atoms with Gasteiger partial charge in [-0.3, -0.25) is 0 Å². The molecule has 19 heavy (non-hydrogen) atoms. The van der Waals surface area contributed by atoms with E-state index >= 15 is 0 Å². The molecule has 2 nitrogen and oxygen atoms in total. The number of aromatic nitrogens is 2. The molecular weight excluding hydrogens is 256 g/mol. The summed E-state index contributed by atoms with van der Waals surface area (Å²) in [6, 6.07) is 12.3. The first-order chi connectivity index (χ1) is 9.34. The lowest BCUT2D eigenvalue weighted by Gasteiger charge is -2.23. The molecule has 1 aliphatic carbocycles. The summed E-state index contributed by atoms with van der Waals surface area (Å²) in [7, 11) is 0. The van der Waals surface area contributed by atoms with Crippen molar-refractivity contribution in [1.82, 2.24) is 10.2 Å². The predicted molar refractivity (Wildman–Crippen MR) is 78.3 cm³/mol. The van der Waals surface area contributed by atoms with E-state index < -0.39 is 0 Å². The van der Waals surface area contributed by atoms with E-state index in [1.165, 1.54) is 37.7 Å². The van der Waals surface area contributed by atoms with Crippen LogP contribution in [0.5, 0.6) is 0 Å². The smallest absolute Gasteiger partial charge is 0.149 e. The van der Waals surface area contributed by atoms with Gasteiger partial charge in [0.15, 0.2) is 5.15 Å². The fraction of sp³-hybridized carbons (Fsp3) is 0.375. The molecule has 2 aromatic rings. The van der Waals surface area contributed by atoms with Gasteiger partial charge in [-0.25, -0.2) is 0 Å². The van der Waals surface area contributed by atoms with E-state index in [1.54, 1.807) is 0 Å². The molecule has 0 bridgehead atoms. The van der Waals surface area contributed by atoms with Crippen LogP contribution in [-0.2, 0) is 0 Å². The van der Waals surface area contributed by atoms with Crippen molar-refractivity contribution >= 4 is 11.6 Å². The van der Waals surface area contributed by atoms with E-state index in [4.69, 9.17) is 11.6 Å². The van der Waals surface area contributed by atoms with Crippen LogP contribution in [0.15, 0.2) is 36.4 Å². The maximum Gasteiger partial charge on any atom is 0.152 e. The maximum absolute atomic E-state index is 6.05. The molecule has 0 N–H and O–H groups in total. The first-order valence-electron chi connectivity index (χ1n) is 6.93. The van der Waals surface area contributed by atoms with Gasteiger partial charge in [0.2, 0.25) is 0 Å². The Hall–Kier alpha value is -1.41. The van der Waals surface area contributed by atoms with Crippen molar-refractivity contribution in [1.29, 1.82) is 0 Å². The molecule has 98 valence electrons. The largest absolute Gasteiger partial charge is 0.152 e. The third-order valence-electron chi connectivity index (χ3n) is 3.89. The molecule has 0 spiro atoms. The fourth-order valence-electron chi connectivity index (χ4n) is 2.93. The molecule has 0 amide bonds. The first-order valence-corrected chi connectivity index (χ1v) is 7.31. The zero-order valence-corrected chi connectivity index (χ0v) is 11.6. The lowest BCUT2D eigenvalue weighted by Crippen LogP contribution is -2.08. The first kappa shape index (κ1) is 12.6. The Kier molecular flexibility index (Phi) is 3.79. The highest BCUT2D eigenvalue weighted by Gasteiger charge is 2.20. The van der Waals surface area contributed by atoms with Crippen LogP contribution < -0.4 is 0 Å². The summed E-state index contributed by atoms with van der Waals surface area (Å²) in [5.41, 5.74) is 3.40. The Bertz CT molecular complexity index is 548. The Morgan fingerprint density at radius 1 is 0.947 bits per heavy atom. The predicted octanol–water partition coefficient (Wildman–Crippen LogP) is 4.84. The molecule has 1 fully saturated rings. The zero-order valence-electron chi connectivity index (χ0n) is 10.8. The van der Waals surface area contributed by atoms with Crippen molar-refractivity contribution in [2.24, 2.45) is 0 Å². The molecule has 1 heterocycles. The molecular formula is C16H17ClN2. The minimum Gasteiger partial charge on any atom is -0.149 e. The van der Waals surface area contributed by atoms with E-state index in [-0.39, 0.29) is 0 Å². The lowest BCUT2D eigenvalue weighted by molar-refractivity contribution is 0.443. The second-order valence-electron chi connectivity index (χ2n) is 5.17. The summed E-state index contributed by atoms with van der Waals surface area (Å²) in [5, 5.41) is 8.87. The Labute approximate surface area is 118 Å². The van der Waals surface area contributed by atoms with Crippen LogP contribution in [0, 0.1) is 0 Å². The number of nitrogens with zero attached hydrogens (tertiary/aromatic N) is 2. The molecule has 0 radical (unpaired) electrons. The van der Waals surface area contributed by atoms with Crippen molar-refractivity contribution in [3.05, 3.63) is 47.1 Å². The van der Waals surface area contributed by atoms with Crippen LogP contribution >= 0.6 is 11.6 Å². The number of rotatable bonds is 2. The van der Waals surface area contributed by atoms with Crippen molar-refractivity contribution in [2.45, 2.75) is 38.0 Å². The SMILES string of the molecule is Clc1cc(C2CCCCC2)c(-c2ccccc2)nn1. The Balaban J connectivity index is 2.04. The van der Waals surface area contributed by atoms with Gasteiger partial charge < -0.3 is 0 Å². The molecule has 3 heteroatoms. The van der Waals surface area contributed by atoms with E-state index in [1.807, 2.05) is 24.3 Å². The minimum absolute atomic E-state index is 0.500. The van der Waals surface area contributed by atoms with Crippen LogP contribution in [-0.4, -0.2) is 10.2 Å². The van der Waals surface area contributed by atoms with E-state index in [0.717, 1.165) is 11.3 Å². The second-order valence-corrected chi connectivity index (χ2v) is 5.56. The molecule has 1 aromatic heterocycles. The van der Waals surface area contributed by atoms with Crippen LogP contribution in [0.3, 0.4) is 0 Å². The molecule has 0 saturated heterocycles. The average molecular weight is 273 g/mol. The summed E-state index contributed by atoms with van der Waals surface area (Å²) in [4.78, 5) is 0. The standard InChI is InChI=1S/C16H17ClN2/c17-15-11-14(12-7-3-1-4-8-12)16(19-18-15)13-9-5-2-6-10-13/h2,5-6,9-12H,1,3-4,7-8H2. The number of halogens is 1. The van der Waals surface area contributed by atoms with Crippen molar-refractivity contribution in [2.75, 3.05) is 0 Å². The van der Waals surface area contributed by atoms with Gasteiger partial charge in [0, 0.05) is 5.56 Å². The minimum atomic E-state index is 0.500. The van der Waals surface area contributed by atoms with Gasteiger partial charge in [-0.05, 0) is 30.4 Å². The van der Waals surface area contributed by atoms with E-state index in [9.17, 15) is 0 Å². The van der Waals surface area contributed by atoms with Crippen LogP contribution in [0.1, 0.15) is 43.6 Å². The molecule has 0 unspecified atom stereocenters. The summed E-state index contributed by atoms with van der Waals surface area (Å²) in [6.45, 7) is 0. The van der Waals surface area contributed by atoms with Crippen LogP contribution in [0.2, 0.25) is 5.15 Å². The third kappa shape index (κ3) is 2.79. The molecule has 3 rings (SSSR count). The van der Waals surface area contributed by atoms with E-state index in [2.05, 4.69) is 22.3 Å². The Morgan fingerprint density at radius 3 is 2.42 bits per heavy atom. The van der Waals surface area contributed by atoms with E-state index in [0.29, 0.717) is 11.1 Å². The molecule has 1 aliphatic rings. The number of hydrogen-bond acceptors (Lipinski definition) is 2. The number of hydrogen-bond donors (Lipinski definition) is 0. The van der Waals surface area contributed by atoms with Crippen LogP contribution in [0.4, 0.5) is 0 Å². The maximum atomic E-state index is 6.05. The summed E-state index contributed by atoms with van der Waals surface area (Å²) < 4.78 is 0. The fourth-order valence-corrected chi connectivity index (χ4v) is 3.08.